The Labute approximate surface area is 170 Å². The van der Waals surface area contributed by atoms with Gasteiger partial charge in [-0.2, -0.15) is 0 Å². The summed E-state index contributed by atoms with van der Waals surface area (Å²) in [5.74, 6) is -1.61. The average molecular weight is 394 g/mol. The van der Waals surface area contributed by atoms with Crippen molar-refractivity contribution in [1.82, 2.24) is 0 Å². The second kappa shape index (κ2) is 8.47. The summed E-state index contributed by atoms with van der Waals surface area (Å²) in [7, 11) is 0. The molecule has 0 saturated carbocycles. The van der Waals surface area contributed by atoms with E-state index in [1.54, 1.807) is 4.90 Å². The molecular weight excluding hydrogens is 368 g/mol. The van der Waals surface area contributed by atoms with Crippen molar-refractivity contribution >= 4 is 29.2 Å². The van der Waals surface area contributed by atoms with Gasteiger partial charge in [0.2, 0.25) is 5.91 Å². The zero-order chi connectivity index (χ0) is 21.1. The molecule has 0 aliphatic carbocycles. The maximum Gasteiger partial charge on any atom is 0.311 e. The van der Waals surface area contributed by atoms with E-state index in [1.165, 1.54) is 0 Å². The lowest BCUT2D eigenvalue weighted by atomic mass is 10.1. The fourth-order valence-electron chi connectivity index (χ4n) is 3.32. The van der Waals surface area contributed by atoms with Gasteiger partial charge >= 0.3 is 5.97 Å². The number of esters is 1. The molecule has 2 amide bonds. The number of hydrogen-bond acceptors (Lipinski definition) is 4. The van der Waals surface area contributed by atoms with Gasteiger partial charge in [-0.05, 0) is 68.1 Å². The number of carbonyl (C=O) groups is 3. The molecule has 0 unspecified atom stereocenters. The smallest absolute Gasteiger partial charge is 0.311 e. The van der Waals surface area contributed by atoms with Crippen molar-refractivity contribution in [3.8, 4) is 0 Å². The fourth-order valence-corrected chi connectivity index (χ4v) is 3.32. The first-order chi connectivity index (χ1) is 13.7. The minimum atomic E-state index is -0.572. The van der Waals surface area contributed by atoms with Crippen molar-refractivity contribution in [2.75, 3.05) is 23.4 Å². The standard InChI is InChI=1S/C23H26N2O4/c1-14-5-6-16(3)20(9-14)24-21(26)13-29-23(28)18-11-22(27)25(12-18)19-8-7-15(2)17(4)10-19/h5-10,18H,11-13H2,1-4H3,(H,24,26)/t18-/m1/s1. The Morgan fingerprint density at radius 2 is 1.76 bits per heavy atom. The second-order valence-corrected chi connectivity index (χ2v) is 7.65. The number of anilines is 2. The van der Waals surface area contributed by atoms with Crippen molar-refractivity contribution < 1.29 is 19.1 Å². The Hall–Kier alpha value is -3.15. The number of carbonyl (C=O) groups excluding carboxylic acids is 3. The first kappa shape index (κ1) is 20.6. The Balaban J connectivity index is 1.56. The number of nitrogens with one attached hydrogen (secondary N) is 1. The van der Waals surface area contributed by atoms with Crippen LogP contribution in [0.3, 0.4) is 0 Å². The number of nitrogens with zero attached hydrogens (tertiary/aromatic N) is 1. The van der Waals surface area contributed by atoms with Crippen molar-refractivity contribution in [2.24, 2.45) is 5.92 Å². The molecule has 1 aliphatic rings. The predicted molar refractivity (Wildman–Crippen MR) is 112 cm³/mol. The first-order valence-electron chi connectivity index (χ1n) is 9.66. The molecule has 2 aromatic rings. The highest BCUT2D eigenvalue weighted by atomic mass is 16.5. The SMILES string of the molecule is Cc1ccc(C)c(NC(=O)COC(=O)[C@@H]2CC(=O)N(c3ccc(C)c(C)c3)C2)c1. The van der Waals surface area contributed by atoms with Gasteiger partial charge in [-0.15, -0.1) is 0 Å². The first-order valence-corrected chi connectivity index (χ1v) is 9.66. The molecule has 0 spiro atoms. The van der Waals surface area contributed by atoms with Gasteiger partial charge in [0.05, 0.1) is 5.92 Å². The normalized spacial score (nSPS) is 16.1. The third-order valence-electron chi connectivity index (χ3n) is 5.27. The van der Waals surface area contributed by atoms with E-state index in [-0.39, 0.29) is 25.5 Å². The number of rotatable bonds is 5. The molecule has 1 heterocycles. The van der Waals surface area contributed by atoms with Crippen LogP contribution in [0.2, 0.25) is 0 Å². The van der Waals surface area contributed by atoms with E-state index in [9.17, 15) is 14.4 Å². The summed E-state index contributed by atoms with van der Waals surface area (Å²) in [5.41, 5.74) is 5.67. The lowest BCUT2D eigenvalue weighted by Gasteiger charge is -2.18. The summed E-state index contributed by atoms with van der Waals surface area (Å²) in [6.45, 7) is 7.72. The van der Waals surface area contributed by atoms with E-state index in [0.29, 0.717) is 5.69 Å². The Morgan fingerprint density at radius 1 is 1.03 bits per heavy atom. The van der Waals surface area contributed by atoms with Crippen LogP contribution in [0.25, 0.3) is 0 Å². The minimum Gasteiger partial charge on any atom is -0.455 e. The molecule has 1 fully saturated rings. The lowest BCUT2D eigenvalue weighted by Crippen LogP contribution is -2.28. The summed E-state index contributed by atoms with van der Waals surface area (Å²) in [6, 6.07) is 11.5. The van der Waals surface area contributed by atoms with Crippen LogP contribution in [0.5, 0.6) is 0 Å². The van der Waals surface area contributed by atoms with E-state index < -0.39 is 17.8 Å². The number of benzene rings is 2. The van der Waals surface area contributed by atoms with Gasteiger partial charge < -0.3 is 15.0 Å². The largest absolute Gasteiger partial charge is 0.455 e. The van der Waals surface area contributed by atoms with Gasteiger partial charge in [0.1, 0.15) is 0 Å². The van der Waals surface area contributed by atoms with Crippen LogP contribution in [0.15, 0.2) is 36.4 Å². The second-order valence-electron chi connectivity index (χ2n) is 7.65. The molecule has 1 saturated heterocycles. The topological polar surface area (TPSA) is 75.7 Å². The molecule has 6 heteroatoms. The van der Waals surface area contributed by atoms with E-state index in [4.69, 9.17) is 4.74 Å². The van der Waals surface area contributed by atoms with Gasteiger partial charge in [0.15, 0.2) is 6.61 Å². The summed E-state index contributed by atoms with van der Waals surface area (Å²) in [5, 5.41) is 2.76. The van der Waals surface area contributed by atoms with Crippen molar-refractivity contribution in [3.05, 3.63) is 58.7 Å². The maximum absolute atomic E-state index is 12.4. The quantitative estimate of drug-likeness (QED) is 0.788. The Kier molecular flexibility index (Phi) is 6.01. The molecule has 29 heavy (non-hydrogen) atoms. The van der Waals surface area contributed by atoms with Crippen LogP contribution in [0.4, 0.5) is 11.4 Å². The predicted octanol–water partition coefficient (Wildman–Crippen LogP) is 3.46. The van der Waals surface area contributed by atoms with E-state index in [0.717, 1.165) is 27.9 Å². The van der Waals surface area contributed by atoms with E-state index >= 15 is 0 Å². The summed E-state index contributed by atoms with van der Waals surface area (Å²) >= 11 is 0. The highest BCUT2D eigenvalue weighted by molar-refractivity contribution is 6.00. The van der Waals surface area contributed by atoms with Crippen molar-refractivity contribution in [2.45, 2.75) is 34.1 Å². The van der Waals surface area contributed by atoms with Gasteiger partial charge in [0.25, 0.3) is 5.91 Å². The number of hydrogen-bond donors (Lipinski definition) is 1. The monoisotopic (exact) mass is 394 g/mol. The van der Waals surface area contributed by atoms with Crippen LogP contribution in [-0.4, -0.2) is 30.9 Å². The average Bonchev–Trinajstić information content (AvgIpc) is 3.07. The Bertz CT molecular complexity index is 967. The van der Waals surface area contributed by atoms with Crippen LogP contribution in [0, 0.1) is 33.6 Å². The Morgan fingerprint density at radius 3 is 2.48 bits per heavy atom. The number of ether oxygens (including phenoxy) is 1. The van der Waals surface area contributed by atoms with Gasteiger partial charge in [0, 0.05) is 24.3 Å². The summed E-state index contributed by atoms with van der Waals surface area (Å²) in [4.78, 5) is 38.5. The third-order valence-corrected chi connectivity index (χ3v) is 5.27. The van der Waals surface area contributed by atoms with Crippen molar-refractivity contribution in [3.63, 3.8) is 0 Å². The van der Waals surface area contributed by atoms with Crippen LogP contribution in [0.1, 0.15) is 28.7 Å². The molecule has 1 N–H and O–H groups in total. The van der Waals surface area contributed by atoms with Gasteiger partial charge in [-0.25, -0.2) is 0 Å². The number of aryl methyl sites for hydroxylation is 4. The zero-order valence-electron chi connectivity index (χ0n) is 17.2. The molecular formula is C23H26N2O4. The molecule has 0 radical (unpaired) electrons. The fraction of sp³-hybridized carbons (Fsp3) is 0.348. The van der Waals surface area contributed by atoms with E-state index in [2.05, 4.69) is 5.32 Å². The van der Waals surface area contributed by atoms with Crippen LogP contribution >= 0.6 is 0 Å². The molecule has 6 nitrogen and oxygen atoms in total. The molecule has 152 valence electrons. The third kappa shape index (κ3) is 4.83. The van der Waals surface area contributed by atoms with Crippen LogP contribution in [-0.2, 0) is 19.1 Å². The van der Waals surface area contributed by atoms with E-state index in [1.807, 2.05) is 64.1 Å². The summed E-state index contributed by atoms with van der Waals surface area (Å²) in [6.07, 6.45) is 0.0877. The molecule has 3 rings (SSSR count). The number of amides is 2. The summed E-state index contributed by atoms with van der Waals surface area (Å²) < 4.78 is 5.18. The molecule has 2 aromatic carbocycles. The van der Waals surface area contributed by atoms with Crippen LogP contribution < -0.4 is 10.2 Å². The van der Waals surface area contributed by atoms with Gasteiger partial charge in [-0.1, -0.05) is 18.2 Å². The highest BCUT2D eigenvalue weighted by Crippen LogP contribution is 2.27. The molecule has 1 aliphatic heterocycles. The molecule has 1 atom stereocenters. The van der Waals surface area contributed by atoms with Crippen molar-refractivity contribution in [1.29, 1.82) is 0 Å². The minimum absolute atomic E-state index is 0.0877. The zero-order valence-corrected chi connectivity index (χ0v) is 17.2. The van der Waals surface area contributed by atoms with Gasteiger partial charge in [-0.3, -0.25) is 14.4 Å². The maximum atomic E-state index is 12.4. The molecule has 0 aromatic heterocycles. The highest BCUT2D eigenvalue weighted by Gasteiger charge is 2.36. The molecule has 0 bridgehead atoms. The lowest BCUT2D eigenvalue weighted by molar-refractivity contribution is -0.151.